The lowest BCUT2D eigenvalue weighted by molar-refractivity contribution is 0.101. The quantitative estimate of drug-likeness (QED) is 0.444. The molecule has 30 heavy (non-hydrogen) atoms. The van der Waals surface area contributed by atoms with Gasteiger partial charge in [-0.25, -0.2) is 4.39 Å². The number of halogens is 2. The molecule has 4 rings (SSSR count). The van der Waals surface area contributed by atoms with E-state index in [-0.39, 0.29) is 22.1 Å². The molecule has 0 unspecified atom stereocenters. The van der Waals surface area contributed by atoms with Gasteiger partial charge in [0.05, 0.1) is 10.6 Å². The van der Waals surface area contributed by atoms with Crippen molar-refractivity contribution in [1.29, 1.82) is 0 Å². The molecule has 5 heteroatoms. The summed E-state index contributed by atoms with van der Waals surface area (Å²) in [5.41, 5.74) is 4.68. The summed E-state index contributed by atoms with van der Waals surface area (Å²) in [5.74, 6) is 0.265. The third-order valence-corrected chi connectivity index (χ3v) is 5.53. The van der Waals surface area contributed by atoms with Crippen LogP contribution in [0.25, 0.3) is 6.08 Å². The van der Waals surface area contributed by atoms with E-state index in [9.17, 15) is 9.18 Å². The Bertz CT molecular complexity index is 1180. The van der Waals surface area contributed by atoms with E-state index in [0.29, 0.717) is 29.2 Å². The largest absolute Gasteiger partial charge is 0.488 e. The zero-order chi connectivity index (χ0) is 21.4. The number of hydrogen-bond donors (Lipinski definition) is 0. The maximum Gasteiger partial charge on any atom is 0.231 e. The van der Waals surface area contributed by atoms with E-state index in [1.807, 2.05) is 20.8 Å². The van der Waals surface area contributed by atoms with E-state index in [2.05, 4.69) is 18.2 Å². The zero-order valence-electron chi connectivity index (χ0n) is 16.9. The van der Waals surface area contributed by atoms with Gasteiger partial charge in [-0.15, -0.1) is 0 Å². The molecule has 0 aromatic heterocycles. The second-order valence-corrected chi connectivity index (χ2v) is 7.77. The molecular weight excluding hydrogens is 403 g/mol. The first kappa shape index (κ1) is 20.2. The SMILES string of the molecule is Cc1ccc(C)c(COc2ccc3c(c2C)O/C(=C\c2c(F)cccc2Cl)C3=O)c1. The van der Waals surface area contributed by atoms with E-state index in [1.165, 1.54) is 23.8 Å². The number of aryl methyl sites for hydroxylation is 2. The Morgan fingerprint density at radius 2 is 1.90 bits per heavy atom. The number of benzene rings is 3. The van der Waals surface area contributed by atoms with Gasteiger partial charge in [-0.1, -0.05) is 41.4 Å². The van der Waals surface area contributed by atoms with Crippen LogP contribution in [0.4, 0.5) is 4.39 Å². The topological polar surface area (TPSA) is 35.5 Å². The predicted octanol–water partition coefficient (Wildman–Crippen LogP) is 6.60. The van der Waals surface area contributed by atoms with E-state index in [0.717, 1.165) is 11.1 Å². The molecule has 152 valence electrons. The first-order valence-corrected chi connectivity index (χ1v) is 9.93. The monoisotopic (exact) mass is 422 g/mol. The molecule has 0 fully saturated rings. The van der Waals surface area contributed by atoms with Crippen molar-refractivity contribution in [1.82, 2.24) is 0 Å². The van der Waals surface area contributed by atoms with Gasteiger partial charge >= 0.3 is 0 Å². The fourth-order valence-corrected chi connectivity index (χ4v) is 3.63. The Morgan fingerprint density at radius 1 is 1.10 bits per heavy atom. The second-order valence-electron chi connectivity index (χ2n) is 7.36. The fraction of sp³-hybridized carbons (Fsp3) is 0.160. The number of fused-ring (bicyclic) bond motifs is 1. The Morgan fingerprint density at radius 3 is 2.67 bits per heavy atom. The molecule has 0 saturated heterocycles. The van der Waals surface area contributed by atoms with Crippen molar-refractivity contribution < 1.29 is 18.7 Å². The summed E-state index contributed by atoms with van der Waals surface area (Å²) in [6, 6.07) is 14.0. The van der Waals surface area contributed by atoms with Crippen LogP contribution in [-0.4, -0.2) is 5.78 Å². The Kier molecular flexibility index (Phi) is 5.35. The lowest BCUT2D eigenvalue weighted by Gasteiger charge is -2.13. The van der Waals surface area contributed by atoms with Crippen LogP contribution < -0.4 is 9.47 Å². The molecule has 1 heterocycles. The molecule has 0 atom stereocenters. The van der Waals surface area contributed by atoms with E-state index < -0.39 is 5.82 Å². The molecular formula is C25H20ClFO3. The smallest absolute Gasteiger partial charge is 0.231 e. The van der Waals surface area contributed by atoms with Crippen LogP contribution in [0, 0.1) is 26.6 Å². The molecule has 0 amide bonds. The molecule has 0 saturated carbocycles. The molecule has 3 nitrogen and oxygen atoms in total. The second kappa shape index (κ2) is 7.96. The number of carbonyl (C=O) groups is 1. The minimum absolute atomic E-state index is 0.0341. The third-order valence-electron chi connectivity index (χ3n) is 5.20. The first-order valence-electron chi connectivity index (χ1n) is 9.56. The fourth-order valence-electron chi connectivity index (χ4n) is 3.42. The summed E-state index contributed by atoms with van der Waals surface area (Å²) < 4.78 is 25.9. The van der Waals surface area contributed by atoms with Crippen molar-refractivity contribution in [2.45, 2.75) is 27.4 Å². The zero-order valence-corrected chi connectivity index (χ0v) is 17.6. The number of allylic oxidation sites excluding steroid dienone is 1. The van der Waals surface area contributed by atoms with Gasteiger partial charge in [0.15, 0.2) is 5.76 Å². The average Bonchev–Trinajstić information content (AvgIpc) is 3.03. The predicted molar refractivity (Wildman–Crippen MR) is 116 cm³/mol. The molecule has 3 aromatic rings. The van der Waals surface area contributed by atoms with E-state index in [1.54, 1.807) is 18.2 Å². The van der Waals surface area contributed by atoms with Gasteiger partial charge in [0.25, 0.3) is 0 Å². The summed E-state index contributed by atoms with van der Waals surface area (Å²) in [5, 5.41) is 0.212. The molecule has 0 radical (unpaired) electrons. The van der Waals surface area contributed by atoms with Crippen molar-refractivity contribution in [3.8, 4) is 11.5 Å². The number of ketones is 1. The van der Waals surface area contributed by atoms with Gasteiger partial charge in [0, 0.05) is 11.1 Å². The molecule has 0 bridgehead atoms. The van der Waals surface area contributed by atoms with Gasteiger partial charge in [-0.3, -0.25) is 4.79 Å². The maximum atomic E-state index is 14.1. The van der Waals surface area contributed by atoms with Gasteiger partial charge in [-0.2, -0.15) is 0 Å². The summed E-state index contributed by atoms with van der Waals surface area (Å²) in [6.07, 6.45) is 1.34. The number of ether oxygens (including phenoxy) is 2. The van der Waals surface area contributed by atoms with Crippen LogP contribution in [-0.2, 0) is 6.61 Å². The number of Topliss-reactive ketones (excluding diaryl/α,β-unsaturated/α-hetero) is 1. The van der Waals surface area contributed by atoms with Crippen molar-refractivity contribution >= 4 is 23.5 Å². The Labute approximate surface area is 179 Å². The number of carbonyl (C=O) groups excluding carboxylic acids is 1. The third kappa shape index (κ3) is 3.71. The molecule has 0 spiro atoms. The highest BCUT2D eigenvalue weighted by molar-refractivity contribution is 6.32. The standard InChI is InChI=1S/C25H20ClFO3/c1-14-7-8-15(2)17(11-14)13-29-22-10-9-18-24(28)23(30-25(18)16(22)3)12-19-20(26)5-4-6-21(19)27/h4-12H,13H2,1-3H3/b23-12-. The average molecular weight is 423 g/mol. The lowest BCUT2D eigenvalue weighted by atomic mass is 10.0. The molecule has 1 aliphatic heterocycles. The van der Waals surface area contributed by atoms with Crippen LogP contribution in [0.2, 0.25) is 5.02 Å². The van der Waals surface area contributed by atoms with Crippen LogP contribution >= 0.6 is 11.6 Å². The summed E-state index contributed by atoms with van der Waals surface area (Å²) in [7, 11) is 0. The highest BCUT2D eigenvalue weighted by atomic mass is 35.5. The lowest BCUT2D eigenvalue weighted by Crippen LogP contribution is -2.00. The normalized spacial score (nSPS) is 14.0. The minimum atomic E-state index is -0.517. The van der Waals surface area contributed by atoms with Crippen LogP contribution in [0.3, 0.4) is 0 Å². The van der Waals surface area contributed by atoms with Gasteiger partial charge in [0.2, 0.25) is 5.78 Å². The van der Waals surface area contributed by atoms with Crippen molar-refractivity contribution in [2.24, 2.45) is 0 Å². The number of rotatable bonds is 4. The Hall–Kier alpha value is -3.11. The van der Waals surface area contributed by atoms with E-state index in [4.69, 9.17) is 21.1 Å². The highest BCUT2D eigenvalue weighted by Crippen LogP contribution is 2.40. The van der Waals surface area contributed by atoms with Crippen molar-refractivity contribution in [3.63, 3.8) is 0 Å². The van der Waals surface area contributed by atoms with Crippen LogP contribution in [0.1, 0.15) is 38.2 Å². The number of hydrogen-bond acceptors (Lipinski definition) is 3. The molecule has 1 aliphatic rings. The van der Waals surface area contributed by atoms with E-state index >= 15 is 0 Å². The van der Waals surface area contributed by atoms with Crippen LogP contribution in [0.15, 0.2) is 54.3 Å². The summed E-state index contributed by atoms with van der Waals surface area (Å²) in [6.45, 7) is 6.33. The van der Waals surface area contributed by atoms with Gasteiger partial charge in [-0.05, 0) is 62.2 Å². The molecule has 3 aromatic carbocycles. The van der Waals surface area contributed by atoms with Gasteiger partial charge in [0.1, 0.15) is 23.9 Å². The summed E-state index contributed by atoms with van der Waals surface area (Å²) in [4.78, 5) is 12.7. The van der Waals surface area contributed by atoms with Crippen molar-refractivity contribution in [2.75, 3.05) is 0 Å². The highest BCUT2D eigenvalue weighted by Gasteiger charge is 2.30. The Balaban J connectivity index is 1.62. The van der Waals surface area contributed by atoms with Gasteiger partial charge < -0.3 is 9.47 Å². The van der Waals surface area contributed by atoms with Crippen molar-refractivity contribution in [3.05, 3.63) is 98.5 Å². The molecule has 0 aliphatic carbocycles. The van der Waals surface area contributed by atoms with Crippen LogP contribution in [0.5, 0.6) is 11.5 Å². The first-order chi connectivity index (χ1) is 14.3. The maximum absolute atomic E-state index is 14.1. The molecule has 0 N–H and O–H groups in total. The minimum Gasteiger partial charge on any atom is -0.488 e. The summed E-state index contributed by atoms with van der Waals surface area (Å²) >= 11 is 6.08.